The average Bonchev–Trinajstić information content (AvgIpc) is 2.46. The largest absolute Gasteiger partial charge is 0.481 e. The molecule has 2 N–H and O–H groups in total. The number of carbonyl (C=O) groups is 2. The fourth-order valence-electron chi connectivity index (χ4n) is 2.61. The van der Waals surface area contributed by atoms with Gasteiger partial charge < -0.3 is 15.3 Å². The molecule has 20 heavy (non-hydrogen) atoms. The van der Waals surface area contributed by atoms with Crippen LogP contribution in [-0.2, 0) is 4.79 Å². The predicted molar refractivity (Wildman–Crippen MR) is 74.7 cm³/mol. The van der Waals surface area contributed by atoms with Crippen molar-refractivity contribution >= 4 is 17.7 Å². The van der Waals surface area contributed by atoms with E-state index < -0.39 is 5.97 Å². The Kier molecular flexibility index (Phi) is 4.55. The zero-order valence-electron chi connectivity index (χ0n) is 11.5. The van der Waals surface area contributed by atoms with Crippen LogP contribution < -0.4 is 5.32 Å². The molecular formula is C14H19N3O3. The molecule has 108 valence electrons. The summed E-state index contributed by atoms with van der Waals surface area (Å²) < 4.78 is 0. The van der Waals surface area contributed by atoms with Crippen molar-refractivity contribution < 1.29 is 14.7 Å². The molecule has 1 atom stereocenters. The van der Waals surface area contributed by atoms with Crippen LogP contribution in [0.25, 0.3) is 0 Å². The normalized spacial score (nSPS) is 18.6. The highest BCUT2D eigenvalue weighted by Gasteiger charge is 2.30. The van der Waals surface area contributed by atoms with E-state index in [-0.39, 0.29) is 18.4 Å². The smallest absolute Gasteiger partial charge is 0.305 e. The number of anilines is 1. The van der Waals surface area contributed by atoms with Gasteiger partial charge in [-0.3, -0.25) is 9.59 Å². The van der Waals surface area contributed by atoms with Crippen molar-refractivity contribution in [1.29, 1.82) is 0 Å². The number of aromatic nitrogens is 1. The molecule has 2 rings (SSSR count). The van der Waals surface area contributed by atoms with Crippen molar-refractivity contribution in [2.45, 2.75) is 31.7 Å². The first-order valence-corrected chi connectivity index (χ1v) is 6.79. The third kappa shape index (κ3) is 3.07. The number of carbonyl (C=O) groups excluding carboxylic acids is 1. The number of nitrogens with one attached hydrogen (secondary N) is 1. The fourth-order valence-corrected chi connectivity index (χ4v) is 2.61. The number of amides is 1. The number of pyridine rings is 1. The number of likely N-dealkylation sites (tertiary alicyclic amines) is 1. The molecule has 1 aliphatic rings. The number of piperidine rings is 1. The van der Waals surface area contributed by atoms with E-state index in [2.05, 4.69) is 10.3 Å². The number of aliphatic carboxylic acids is 1. The minimum atomic E-state index is -0.866. The number of hydrogen-bond acceptors (Lipinski definition) is 4. The molecule has 0 saturated carbocycles. The molecule has 6 nitrogen and oxygen atoms in total. The second-order valence-electron chi connectivity index (χ2n) is 4.90. The number of carboxylic acids is 1. The van der Waals surface area contributed by atoms with Gasteiger partial charge in [-0.2, -0.15) is 0 Å². The molecule has 1 aromatic rings. The SMILES string of the molecule is CNc1ncccc1C(=O)N1CCCC[C@H]1CC(=O)O. The van der Waals surface area contributed by atoms with Crippen molar-refractivity contribution in [3.05, 3.63) is 23.9 Å². The highest BCUT2D eigenvalue weighted by Crippen LogP contribution is 2.23. The molecule has 1 aromatic heterocycles. The van der Waals surface area contributed by atoms with E-state index in [0.29, 0.717) is 17.9 Å². The lowest BCUT2D eigenvalue weighted by Gasteiger charge is -2.35. The van der Waals surface area contributed by atoms with Crippen LogP contribution in [0.15, 0.2) is 18.3 Å². The van der Waals surface area contributed by atoms with Crippen LogP contribution >= 0.6 is 0 Å². The molecule has 1 saturated heterocycles. The van der Waals surface area contributed by atoms with Gasteiger partial charge in [-0.1, -0.05) is 0 Å². The van der Waals surface area contributed by atoms with E-state index >= 15 is 0 Å². The molecule has 0 bridgehead atoms. The molecule has 2 heterocycles. The maximum Gasteiger partial charge on any atom is 0.305 e. The van der Waals surface area contributed by atoms with Crippen molar-refractivity contribution in [1.82, 2.24) is 9.88 Å². The van der Waals surface area contributed by atoms with Gasteiger partial charge in [0.25, 0.3) is 5.91 Å². The van der Waals surface area contributed by atoms with E-state index in [1.54, 1.807) is 30.3 Å². The molecule has 0 radical (unpaired) electrons. The van der Waals surface area contributed by atoms with Crippen LogP contribution in [0.2, 0.25) is 0 Å². The van der Waals surface area contributed by atoms with Gasteiger partial charge in [0, 0.05) is 25.8 Å². The third-order valence-corrected chi connectivity index (χ3v) is 3.57. The highest BCUT2D eigenvalue weighted by atomic mass is 16.4. The van der Waals surface area contributed by atoms with Crippen molar-refractivity contribution in [3.8, 4) is 0 Å². The summed E-state index contributed by atoms with van der Waals surface area (Å²) in [6.45, 7) is 0.606. The maximum atomic E-state index is 12.6. The first kappa shape index (κ1) is 14.3. The number of nitrogens with zero attached hydrogens (tertiary/aromatic N) is 2. The summed E-state index contributed by atoms with van der Waals surface area (Å²) in [5.41, 5.74) is 0.493. The molecular weight excluding hydrogens is 258 g/mol. The molecule has 6 heteroatoms. The molecule has 0 unspecified atom stereocenters. The van der Waals surface area contributed by atoms with Crippen LogP contribution in [0.4, 0.5) is 5.82 Å². The molecule has 0 aliphatic carbocycles. The maximum absolute atomic E-state index is 12.6. The zero-order chi connectivity index (χ0) is 14.5. The van der Waals surface area contributed by atoms with Crippen molar-refractivity contribution in [2.24, 2.45) is 0 Å². The lowest BCUT2D eigenvalue weighted by Crippen LogP contribution is -2.45. The predicted octanol–water partition coefficient (Wildman–Crippen LogP) is 1.59. The Morgan fingerprint density at radius 1 is 1.50 bits per heavy atom. The van der Waals surface area contributed by atoms with E-state index in [0.717, 1.165) is 19.3 Å². The van der Waals surface area contributed by atoms with Gasteiger partial charge in [0.2, 0.25) is 0 Å². The fraction of sp³-hybridized carbons (Fsp3) is 0.500. The van der Waals surface area contributed by atoms with Gasteiger partial charge in [-0.15, -0.1) is 0 Å². The number of carboxylic acid groups (broad SMARTS) is 1. The van der Waals surface area contributed by atoms with Crippen LogP contribution in [-0.4, -0.2) is 46.5 Å². The lowest BCUT2D eigenvalue weighted by molar-refractivity contribution is -0.138. The summed E-state index contributed by atoms with van der Waals surface area (Å²) >= 11 is 0. The zero-order valence-corrected chi connectivity index (χ0v) is 11.5. The second-order valence-corrected chi connectivity index (χ2v) is 4.90. The Morgan fingerprint density at radius 3 is 3.00 bits per heavy atom. The van der Waals surface area contributed by atoms with E-state index in [4.69, 9.17) is 5.11 Å². The quantitative estimate of drug-likeness (QED) is 0.873. The summed E-state index contributed by atoms with van der Waals surface area (Å²) in [6.07, 6.45) is 4.24. The molecule has 0 spiro atoms. The highest BCUT2D eigenvalue weighted by molar-refractivity contribution is 5.99. The lowest BCUT2D eigenvalue weighted by atomic mass is 9.98. The first-order chi connectivity index (χ1) is 9.63. The molecule has 1 aliphatic heterocycles. The van der Waals surface area contributed by atoms with Gasteiger partial charge in [-0.05, 0) is 31.4 Å². The van der Waals surface area contributed by atoms with E-state index in [9.17, 15) is 9.59 Å². The Labute approximate surface area is 117 Å². The van der Waals surface area contributed by atoms with Crippen LogP contribution in [0.3, 0.4) is 0 Å². The number of hydrogen-bond donors (Lipinski definition) is 2. The summed E-state index contributed by atoms with van der Waals surface area (Å²) in [5.74, 6) is -0.486. The van der Waals surface area contributed by atoms with Gasteiger partial charge in [0.05, 0.1) is 12.0 Å². The monoisotopic (exact) mass is 277 g/mol. The molecule has 1 amide bonds. The Balaban J connectivity index is 2.23. The van der Waals surface area contributed by atoms with E-state index in [1.807, 2.05) is 0 Å². The minimum Gasteiger partial charge on any atom is -0.481 e. The second kappa shape index (κ2) is 6.36. The van der Waals surface area contributed by atoms with Gasteiger partial charge >= 0.3 is 5.97 Å². The van der Waals surface area contributed by atoms with Crippen molar-refractivity contribution in [2.75, 3.05) is 18.9 Å². The summed E-state index contributed by atoms with van der Waals surface area (Å²) in [5, 5.41) is 11.9. The minimum absolute atomic E-state index is 0.000882. The summed E-state index contributed by atoms with van der Waals surface area (Å²) in [7, 11) is 1.71. The van der Waals surface area contributed by atoms with Gasteiger partial charge in [0.15, 0.2) is 0 Å². The first-order valence-electron chi connectivity index (χ1n) is 6.79. The summed E-state index contributed by atoms with van der Waals surface area (Å²) in [6, 6.07) is 3.20. The molecule has 1 fully saturated rings. The Bertz CT molecular complexity index is 504. The van der Waals surface area contributed by atoms with Crippen LogP contribution in [0, 0.1) is 0 Å². The Hall–Kier alpha value is -2.11. The average molecular weight is 277 g/mol. The standard InChI is InChI=1S/C14H19N3O3/c1-15-13-11(6-4-7-16-13)14(20)17-8-3-2-5-10(17)9-12(18)19/h4,6-7,10H,2-3,5,8-9H2,1H3,(H,15,16)(H,18,19)/t10-/m0/s1. The number of rotatable bonds is 4. The van der Waals surface area contributed by atoms with Crippen LogP contribution in [0.1, 0.15) is 36.0 Å². The van der Waals surface area contributed by atoms with Crippen molar-refractivity contribution in [3.63, 3.8) is 0 Å². The van der Waals surface area contributed by atoms with Gasteiger partial charge in [0.1, 0.15) is 5.82 Å². The Morgan fingerprint density at radius 2 is 2.30 bits per heavy atom. The topological polar surface area (TPSA) is 82.5 Å². The summed E-state index contributed by atoms with van der Waals surface area (Å²) in [4.78, 5) is 29.4. The van der Waals surface area contributed by atoms with Gasteiger partial charge in [-0.25, -0.2) is 4.98 Å². The molecule has 0 aromatic carbocycles. The van der Waals surface area contributed by atoms with E-state index in [1.165, 1.54) is 0 Å². The third-order valence-electron chi connectivity index (χ3n) is 3.57. The van der Waals surface area contributed by atoms with Crippen LogP contribution in [0.5, 0.6) is 0 Å².